The summed E-state index contributed by atoms with van der Waals surface area (Å²) in [6.07, 6.45) is 7.15. The number of aryl methyl sites for hydroxylation is 2. The Hall–Kier alpha value is -2.84. The van der Waals surface area contributed by atoms with Gasteiger partial charge in [-0.1, -0.05) is 46.5 Å². The molecule has 3 aliphatic rings. The Labute approximate surface area is 247 Å². The highest BCUT2D eigenvalue weighted by atomic mass is 35.5. The monoisotopic (exact) mass is 580 g/mol. The molecule has 40 heavy (non-hydrogen) atoms. The first-order valence-corrected chi connectivity index (χ1v) is 14.7. The Morgan fingerprint density at radius 3 is 2.40 bits per heavy atom. The molecule has 2 aromatic carbocycles. The van der Waals surface area contributed by atoms with Gasteiger partial charge in [0.15, 0.2) is 0 Å². The second-order valence-corrected chi connectivity index (χ2v) is 12.0. The molecule has 0 N–H and O–H groups in total. The molecule has 3 heterocycles. The molecule has 0 unspecified atom stereocenters. The van der Waals surface area contributed by atoms with Gasteiger partial charge in [-0.2, -0.15) is 0 Å². The van der Waals surface area contributed by atoms with Crippen LogP contribution in [0.3, 0.4) is 0 Å². The first kappa shape index (κ1) is 28.7. The van der Waals surface area contributed by atoms with E-state index in [-0.39, 0.29) is 11.8 Å². The topological polar surface area (TPSA) is 45.6 Å². The molecule has 1 atom stereocenters. The van der Waals surface area contributed by atoms with E-state index in [4.69, 9.17) is 23.2 Å². The SMILES string of the molecule is CC1=NC=C2N(C=CN2N2CCN(CC[C@H](CN(C)C(=O)c3cc(C)cc(C)c3)c3ccc(Cl)c(Cl)c3)CC2)C1. The second-order valence-electron chi connectivity index (χ2n) is 11.1. The number of hydrazine groups is 1. The number of rotatable bonds is 8. The molecule has 5 rings (SSSR count). The van der Waals surface area contributed by atoms with Gasteiger partial charge in [-0.05, 0) is 63.6 Å². The molecule has 0 aromatic heterocycles. The number of likely N-dealkylation sites (N-methyl/N-ethyl adjacent to an activating group) is 1. The van der Waals surface area contributed by atoms with Crippen LogP contribution in [0.4, 0.5) is 0 Å². The quantitative estimate of drug-likeness (QED) is 0.398. The largest absolute Gasteiger partial charge is 0.341 e. The molecular formula is C31H38Cl2N6O. The normalized spacial score (nSPS) is 18.4. The van der Waals surface area contributed by atoms with Crippen LogP contribution >= 0.6 is 23.2 Å². The smallest absolute Gasteiger partial charge is 0.253 e. The van der Waals surface area contributed by atoms with Crippen LogP contribution in [-0.2, 0) is 0 Å². The van der Waals surface area contributed by atoms with Gasteiger partial charge in [0.05, 0.1) is 22.8 Å². The fourth-order valence-electron chi connectivity index (χ4n) is 5.77. The molecule has 7 nitrogen and oxygen atoms in total. The minimum atomic E-state index is 0.0368. The zero-order chi connectivity index (χ0) is 28.4. The van der Waals surface area contributed by atoms with E-state index < -0.39 is 0 Å². The number of halogens is 2. The van der Waals surface area contributed by atoms with Gasteiger partial charge in [0.2, 0.25) is 0 Å². The highest BCUT2D eigenvalue weighted by Gasteiger charge is 2.30. The first-order valence-electron chi connectivity index (χ1n) is 13.9. The summed E-state index contributed by atoms with van der Waals surface area (Å²) in [4.78, 5) is 24.5. The van der Waals surface area contributed by atoms with Crippen molar-refractivity contribution in [2.45, 2.75) is 33.1 Å². The summed E-state index contributed by atoms with van der Waals surface area (Å²) in [6, 6.07) is 11.9. The molecule has 212 valence electrons. The van der Waals surface area contributed by atoms with Crippen molar-refractivity contribution in [3.63, 3.8) is 0 Å². The maximum atomic E-state index is 13.4. The molecule has 0 spiro atoms. The fraction of sp³-hybridized carbons (Fsp3) is 0.419. The van der Waals surface area contributed by atoms with E-state index in [2.05, 4.69) is 50.2 Å². The summed E-state index contributed by atoms with van der Waals surface area (Å²) >= 11 is 12.7. The average molecular weight is 582 g/mol. The molecule has 1 fully saturated rings. The summed E-state index contributed by atoms with van der Waals surface area (Å²) in [7, 11) is 1.89. The van der Waals surface area contributed by atoms with Crippen LogP contribution in [0, 0.1) is 13.8 Å². The zero-order valence-corrected chi connectivity index (χ0v) is 25.3. The Bertz CT molecular complexity index is 1330. The number of carbonyl (C=O) groups is 1. The number of amides is 1. The zero-order valence-electron chi connectivity index (χ0n) is 23.8. The minimum absolute atomic E-state index is 0.0368. The third-order valence-corrected chi connectivity index (χ3v) is 8.63. The predicted molar refractivity (Wildman–Crippen MR) is 164 cm³/mol. The van der Waals surface area contributed by atoms with E-state index >= 15 is 0 Å². The molecule has 0 bridgehead atoms. The molecule has 0 radical (unpaired) electrons. The lowest BCUT2D eigenvalue weighted by Gasteiger charge is -2.41. The molecule has 9 heteroatoms. The standard InChI is InChI=1S/C31H38Cl2N6O/c1-22-15-23(2)17-27(16-22)31(40)35(4)21-26(25-5-6-28(32)29(33)18-25)7-8-36-9-12-38(13-10-36)39-14-11-37-20-24(3)34-19-30(37)39/h5-6,11,14-19,26H,7-10,12-13,20-21H2,1-4H3/t26-/m1/s1. The number of benzene rings is 2. The van der Waals surface area contributed by atoms with Crippen LogP contribution in [-0.4, -0.2) is 89.2 Å². The van der Waals surface area contributed by atoms with Crippen molar-refractivity contribution in [1.82, 2.24) is 24.7 Å². The van der Waals surface area contributed by atoms with Crippen molar-refractivity contribution in [1.29, 1.82) is 0 Å². The molecule has 3 aliphatic heterocycles. The van der Waals surface area contributed by atoms with Crippen molar-refractivity contribution in [2.24, 2.45) is 4.99 Å². The number of nitrogens with zero attached hydrogens (tertiary/aromatic N) is 6. The maximum absolute atomic E-state index is 13.4. The lowest BCUT2D eigenvalue weighted by molar-refractivity contribution is -0.00378. The number of hydrogen-bond donors (Lipinski definition) is 0. The van der Waals surface area contributed by atoms with Gasteiger partial charge in [-0.3, -0.25) is 14.8 Å². The molecule has 2 aromatic rings. The number of carbonyl (C=O) groups excluding carboxylic acids is 1. The average Bonchev–Trinajstić information content (AvgIpc) is 3.34. The van der Waals surface area contributed by atoms with Gasteiger partial charge >= 0.3 is 0 Å². The minimum Gasteiger partial charge on any atom is -0.341 e. The predicted octanol–water partition coefficient (Wildman–Crippen LogP) is 5.75. The van der Waals surface area contributed by atoms with E-state index in [1.54, 1.807) is 0 Å². The fourth-order valence-corrected chi connectivity index (χ4v) is 6.07. The second kappa shape index (κ2) is 12.4. The number of fused-ring (bicyclic) bond motifs is 1. The van der Waals surface area contributed by atoms with E-state index in [9.17, 15) is 4.79 Å². The third kappa shape index (κ3) is 6.55. The highest BCUT2D eigenvalue weighted by molar-refractivity contribution is 6.42. The number of piperazine rings is 1. The van der Waals surface area contributed by atoms with Gasteiger partial charge in [0, 0.05) is 69.4 Å². The molecule has 1 amide bonds. The summed E-state index contributed by atoms with van der Waals surface area (Å²) < 4.78 is 0. The lowest BCUT2D eigenvalue weighted by atomic mass is 9.94. The van der Waals surface area contributed by atoms with Gasteiger partial charge in [0.1, 0.15) is 5.82 Å². The molecule has 0 aliphatic carbocycles. The van der Waals surface area contributed by atoms with Gasteiger partial charge in [-0.25, -0.2) is 5.01 Å². The Morgan fingerprint density at radius 2 is 1.70 bits per heavy atom. The van der Waals surface area contributed by atoms with E-state index in [1.165, 1.54) is 0 Å². The third-order valence-electron chi connectivity index (χ3n) is 7.89. The van der Waals surface area contributed by atoms with Crippen molar-refractivity contribution in [3.8, 4) is 0 Å². The van der Waals surface area contributed by atoms with Crippen molar-refractivity contribution < 1.29 is 4.79 Å². The summed E-state index contributed by atoms with van der Waals surface area (Å²) in [5.41, 5.74) is 5.15. The molecular weight excluding hydrogens is 543 g/mol. The van der Waals surface area contributed by atoms with Crippen molar-refractivity contribution in [3.05, 3.63) is 93.1 Å². The van der Waals surface area contributed by atoms with Gasteiger partial charge in [-0.15, -0.1) is 0 Å². The van der Waals surface area contributed by atoms with Crippen LogP contribution in [0.15, 0.2) is 65.8 Å². The van der Waals surface area contributed by atoms with Crippen molar-refractivity contribution in [2.75, 3.05) is 52.9 Å². The lowest BCUT2D eigenvalue weighted by Crippen LogP contribution is -2.52. The molecule has 0 saturated carbocycles. The van der Waals surface area contributed by atoms with Crippen LogP contribution in [0.25, 0.3) is 0 Å². The first-order chi connectivity index (χ1) is 19.2. The van der Waals surface area contributed by atoms with E-state index in [0.717, 1.165) is 79.5 Å². The summed E-state index contributed by atoms with van der Waals surface area (Å²) in [5.74, 6) is 1.29. The van der Waals surface area contributed by atoms with Crippen LogP contribution in [0.2, 0.25) is 10.0 Å². The molecule has 1 saturated heterocycles. The van der Waals surface area contributed by atoms with Crippen LogP contribution < -0.4 is 0 Å². The maximum Gasteiger partial charge on any atom is 0.253 e. The highest BCUT2D eigenvalue weighted by Crippen LogP contribution is 2.30. The number of aliphatic imine (C=N–C) groups is 1. The van der Waals surface area contributed by atoms with Crippen LogP contribution in [0.5, 0.6) is 0 Å². The summed E-state index contributed by atoms with van der Waals surface area (Å²) in [6.45, 7) is 12.3. The Morgan fingerprint density at radius 1 is 0.975 bits per heavy atom. The number of hydrogen-bond acceptors (Lipinski definition) is 6. The van der Waals surface area contributed by atoms with E-state index in [1.807, 2.05) is 62.3 Å². The Kier molecular flexibility index (Phi) is 8.86. The van der Waals surface area contributed by atoms with E-state index in [0.29, 0.717) is 16.6 Å². The van der Waals surface area contributed by atoms with Crippen molar-refractivity contribution >= 4 is 34.8 Å². The summed E-state index contributed by atoms with van der Waals surface area (Å²) in [5, 5.41) is 5.72. The van der Waals surface area contributed by atoms with Gasteiger partial charge < -0.3 is 14.7 Å². The van der Waals surface area contributed by atoms with Crippen LogP contribution in [0.1, 0.15) is 46.3 Å². The Balaban J connectivity index is 1.22. The van der Waals surface area contributed by atoms with Gasteiger partial charge in [0.25, 0.3) is 5.91 Å².